The molecule has 0 saturated carbocycles. The van der Waals surface area contributed by atoms with Crippen molar-refractivity contribution in [1.29, 1.82) is 0 Å². The number of piperazine rings is 1. The van der Waals surface area contributed by atoms with Crippen molar-refractivity contribution in [2.75, 3.05) is 31.6 Å². The zero-order valence-corrected chi connectivity index (χ0v) is 16.9. The van der Waals surface area contributed by atoms with Gasteiger partial charge in [-0.15, -0.1) is 0 Å². The van der Waals surface area contributed by atoms with E-state index in [4.69, 9.17) is 0 Å². The third-order valence-corrected chi connectivity index (χ3v) is 4.97. The third-order valence-electron chi connectivity index (χ3n) is 4.97. The van der Waals surface area contributed by atoms with Gasteiger partial charge < -0.3 is 20.9 Å². The SMILES string of the molecule is CN=C(NCc1ccc(N2CCNC(=O)C2)cc1)NCc1ccc(C)cc1C. The molecular weight excluding hydrogens is 350 g/mol. The zero-order chi connectivity index (χ0) is 19.9. The molecule has 2 aromatic rings. The highest BCUT2D eigenvalue weighted by Gasteiger charge is 2.16. The van der Waals surface area contributed by atoms with E-state index in [1.54, 1.807) is 7.05 Å². The van der Waals surface area contributed by atoms with Gasteiger partial charge in [0, 0.05) is 38.9 Å². The van der Waals surface area contributed by atoms with Gasteiger partial charge >= 0.3 is 0 Å². The van der Waals surface area contributed by atoms with E-state index < -0.39 is 0 Å². The summed E-state index contributed by atoms with van der Waals surface area (Å²) in [6, 6.07) is 14.8. The van der Waals surface area contributed by atoms with Gasteiger partial charge in [-0.2, -0.15) is 0 Å². The van der Waals surface area contributed by atoms with E-state index in [9.17, 15) is 4.79 Å². The summed E-state index contributed by atoms with van der Waals surface area (Å²) in [5.41, 5.74) is 6.07. The predicted octanol–water partition coefficient (Wildman–Crippen LogP) is 2.10. The number of carbonyl (C=O) groups is 1. The van der Waals surface area contributed by atoms with Crippen LogP contribution < -0.4 is 20.9 Å². The Bertz CT molecular complexity index is 845. The van der Waals surface area contributed by atoms with Crippen LogP contribution in [0.15, 0.2) is 47.5 Å². The van der Waals surface area contributed by atoms with Gasteiger partial charge in [-0.3, -0.25) is 9.79 Å². The smallest absolute Gasteiger partial charge is 0.239 e. The van der Waals surface area contributed by atoms with Crippen LogP contribution in [0.3, 0.4) is 0 Å². The summed E-state index contributed by atoms with van der Waals surface area (Å²) < 4.78 is 0. The van der Waals surface area contributed by atoms with Gasteiger partial charge in [0.25, 0.3) is 0 Å². The maximum absolute atomic E-state index is 11.5. The fraction of sp³-hybridized carbons (Fsp3) is 0.364. The van der Waals surface area contributed by atoms with E-state index >= 15 is 0 Å². The van der Waals surface area contributed by atoms with Crippen molar-refractivity contribution in [2.45, 2.75) is 26.9 Å². The van der Waals surface area contributed by atoms with Gasteiger partial charge in [0.2, 0.25) is 5.91 Å². The van der Waals surface area contributed by atoms with E-state index in [0.717, 1.165) is 24.7 Å². The van der Waals surface area contributed by atoms with E-state index in [1.807, 2.05) is 0 Å². The Morgan fingerprint density at radius 2 is 1.86 bits per heavy atom. The fourth-order valence-corrected chi connectivity index (χ4v) is 3.31. The predicted molar refractivity (Wildman–Crippen MR) is 115 cm³/mol. The highest BCUT2D eigenvalue weighted by molar-refractivity contribution is 5.82. The van der Waals surface area contributed by atoms with E-state index in [-0.39, 0.29) is 5.91 Å². The van der Waals surface area contributed by atoms with Crippen LogP contribution in [0.4, 0.5) is 5.69 Å². The average Bonchev–Trinajstić information content (AvgIpc) is 2.70. The molecule has 0 radical (unpaired) electrons. The molecule has 1 heterocycles. The summed E-state index contributed by atoms with van der Waals surface area (Å²) in [6.45, 7) is 7.63. The molecule has 1 saturated heterocycles. The number of guanidine groups is 1. The fourth-order valence-electron chi connectivity index (χ4n) is 3.31. The van der Waals surface area contributed by atoms with Crippen LogP contribution in [-0.2, 0) is 17.9 Å². The van der Waals surface area contributed by atoms with Gasteiger partial charge in [-0.1, -0.05) is 35.9 Å². The lowest BCUT2D eigenvalue weighted by molar-refractivity contribution is -0.120. The first-order chi connectivity index (χ1) is 13.5. The first kappa shape index (κ1) is 19.7. The summed E-state index contributed by atoms with van der Waals surface area (Å²) in [5, 5.41) is 9.58. The number of hydrogen-bond acceptors (Lipinski definition) is 3. The number of benzene rings is 2. The highest BCUT2D eigenvalue weighted by Crippen LogP contribution is 2.16. The molecule has 28 heavy (non-hydrogen) atoms. The molecule has 0 unspecified atom stereocenters. The molecule has 1 fully saturated rings. The highest BCUT2D eigenvalue weighted by atomic mass is 16.2. The maximum Gasteiger partial charge on any atom is 0.239 e. The van der Waals surface area contributed by atoms with Crippen molar-refractivity contribution in [3.05, 3.63) is 64.7 Å². The number of anilines is 1. The molecule has 6 heteroatoms. The summed E-state index contributed by atoms with van der Waals surface area (Å²) in [6.07, 6.45) is 0. The molecule has 0 spiro atoms. The largest absolute Gasteiger partial charge is 0.360 e. The van der Waals surface area contributed by atoms with Gasteiger partial charge in [-0.05, 0) is 42.7 Å². The number of nitrogens with one attached hydrogen (secondary N) is 3. The van der Waals surface area contributed by atoms with Crippen LogP contribution >= 0.6 is 0 Å². The first-order valence-corrected chi connectivity index (χ1v) is 9.66. The lowest BCUT2D eigenvalue weighted by atomic mass is 10.1. The third kappa shape index (κ3) is 5.25. The summed E-state index contributed by atoms with van der Waals surface area (Å²) in [7, 11) is 1.78. The minimum absolute atomic E-state index is 0.0793. The Kier molecular flexibility index (Phi) is 6.53. The number of rotatable bonds is 5. The van der Waals surface area contributed by atoms with Crippen molar-refractivity contribution < 1.29 is 4.79 Å². The summed E-state index contributed by atoms with van der Waals surface area (Å²) in [4.78, 5) is 17.9. The van der Waals surface area contributed by atoms with Crippen LogP contribution in [0, 0.1) is 13.8 Å². The van der Waals surface area contributed by atoms with Crippen molar-refractivity contribution in [1.82, 2.24) is 16.0 Å². The number of aryl methyl sites for hydroxylation is 2. The summed E-state index contributed by atoms with van der Waals surface area (Å²) in [5.74, 6) is 0.854. The van der Waals surface area contributed by atoms with Crippen molar-refractivity contribution in [3.63, 3.8) is 0 Å². The van der Waals surface area contributed by atoms with E-state index in [2.05, 4.69) is 82.2 Å². The van der Waals surface area contributed by atoms with Gasteiger partial charge in [0.05, 0.1) is 6.54 Å². The standard InChI is InChI=1S/C22H29N5O/c1-16-4-7-19(17(2)12-16)14-26-22(23-3)25-13-18-5-8-20(9-6-18)27-11-10-24-21(28)15-27/h4-9,12H,10-11,13-15H2,1-3H3,(H,24,28)(H2,23,25,26). The van der Waals surface area contributed by atoms with Crippen LogP contribution in [-0.4, -0.2) is 38.5 Å². The monoisotopic (exact) mass is 379 g/mol. The molecule has 0 aromatic heterocycles. The van der Waals surface area contributed by atoms with Crippen molar-refractivity contribution >= 4 is 17.6 Å². The topological polar surface area (TPSA) is 68.8 Å². The number of aliphatic imine (C=N–C) groups is 1. The van der Waals surface area contributed by atoms with E-state index in [1.165, 1.54) is 22.3 Å². The Morgan fingerprint density at radius 1 is 1.11 bits per heavy atom. The molecular formula is C22H29N5O. The second kappa shape index (κ2) is 9.26. The molecule has 3 rings (SSSR count). The van der Waals surface area contributed by atoms with E-state index in [0.29, 0.717) is 19.6 Å². The minimum atomic E-state index is 0.0793. The molecule has 0 atom stereocenters. The molecule has 6 nitrogen and oxygen atoms in total. The van der Waals surface area contributed by atoms with Crippen LogP contribution in [0.25, 0.3) is 0 Å². The Balaban J connectivity index is 1.51. The zero-order valence-electron chi connectivity index (χ0n) is 16.9. The average molecular weight is 380 g/mol. The molecule has 3 N–H and O–H groups in total. The van der Waals surface area contributed by atoms with Crippen LogP contribution in [0.1, 0.15) is 22.3 Å². The van der Waals surface area contributed by atoms with Gasteiger partial charge in [-0.25, -0.2) is 0 Å². The van der Waals surface area contributed by atoms with Crippen LogP contribution in [0.5, 0.6) is 0 Å². The van der Waals surface area contributed by atoms with Crippen molar-refractivity contribution in [3.8, 4) is 0 Å². The van der Waals surface area contributed by atoms with Gasteiger partial charge in [0.15, 0.2) is 5.96 Å². The lowest BCUT2D eigenvalue weighted by Gasteiger charge is -2.28. The quantitative estimate of drug-likeness (QED) is 0.550. The number of amides is 1. The molecule has 0 aliphatic carbocycles. The van der Waals surface area contributed by atoms with Gasteiger partial charge in [0.1, 0.15) is 0 Å². The molecule has 148 valence electrons. The second-order valence-corrected chi connectivity index (χ2v) is 7.15. The molecule has 1 aliphatic heterocycles. The summed E-state index contributed by atoms with van der Waals surface area (Å²) >= 11 is 0. The molecule has 1 amide bonds. The minimum Gasteiger partial charge on any atom is -0.360 e. The maximum atomic E-state index is 11.5. The van der Waals surface area contributed by atoms with Crippen LogP contribution in [0.2, 0.25) is 0 Å². The number of carbonyl (C=O) groups excluding carboxylic acids is 1. The lowest BCUT2D eigenvalue weighted by Crippen LogP contribution is -2.47. The van der Waals surface area contributed by atoms with Crippen molar-refractivity contribution in [2.24, 2.45) is 4.99 Å². The molecule has 2 aromatic carbocycles. The first-order valence-electron chi connectivity index (χ1n) is 9.66. The molecule has 0 bridgehead atoms. The normalized spacial score (nSPS) is 14.6. The number of nitrogens with zero attached hydrogens (tertiary/aromatic N) is 2. The number of hydrogen-bond donors (Lipinski definition) is 3. The second-order valence-electron chi connectivity index (χ2n) is 7.15. The Labute approximate surface area is 167 Å². The Hall–Kier alpha value is -3.02. The Morgan fingerprint density at radius 3 is 2.54 bits per heavy atom. The molecule has 1 aliphatic rings.